The molecule has 1 heterocycles. The molecule has 0 saturated heterocycles. The Bertz CT molecular complexity index is 599. The number of benzene rings is 1. The Morgan fingerprint density at radius 1 is 1.24 bits per heavy atom. The SMILES string of the molecule is COCCNCc1ccc2c(c1)c(C)c(C)n2CC(C)C. The average molecular weight is 288 g/mol. The molecule has 0 bridgehead atoms. The topological polar surface area (TPSA) is 26.2 Å². The minimum absolute atomic E-state index is 0.661. The lowest BCUT2D eigenvalue weighted by molar-refractivity contribution is 0.199. The summed E-state index contributed by atoms with van der Waals surface area (Å²) in [6.07, 6.45) is 0. The van der Waals surface area contributed by atoms with Crippen LogP contribution in [-0.2, 0) is 17.8 Å². The summed E-state index contributed by atoms with van der Waals surface area (Å²) < 4.78 is 7.52. The molecule has 0 amide bonds. The van der Waals surface area contributed by atoms with E-state index in [-0.39, 0.29) is 0 Å². The van der Waals surface area contributed by atoms with E-state index in [2.05, 4.69) is 55.8 Å². The van der Waals surface area contributed by atoms with Crippen LogP contribution < -0.4 is 5.32 Å². The molecule has 0 unspecified atom stereocenters. The number of nitrogens with one attached hydrogen (secondary N) is 1. The number of aryl methyl sites for hydroxylation is 1. The standard InChI is InChI=1S/C18H28N2O/c1-13(2)12-20-15(4)14(3)17-10-16(6-7-18(17)20)11-19-8-9-21-5/h6-7,10,13,19H,8-9,11-12H2,1-5H3. The van der Waals surface area contributed by atoms with E-state index >= 15 is 0 Å². The van der Waals surface area contributed by atoms with Gasteiger partial charge < -0.3 is 14.6 Å². The van der Waals surface area contributed by atoms with E-state index < -0.39 is 0 Å². The molecular formula is C18H28N2O. The number of fused-ring (bicyclic) bond motifs is 1. The summed E-state index contributed by atoms with van der Waals surface area (Å²) in [7, 11) is 1.73. The maximum Gasteiger partial charge on any atom is 0.0587 e. The van der Waals surface area contributed by atoms with Gasteiger partial charge in [-0.05, 0) is 43.0 Å². The van der Waals surface area contributed by atoms with Gasteiger partial charge in [-0.15, -0.1) is 0 Å². The molecule has 1 aromatic heterocycles. The number of ether oxygens (including phenoxy) is 1. The molecule has 21 heavy (non-hydrogen) atoms. The van der Waals surface area contributed by atoms with Gasteiger partial charge in [-0.2, -0.15) is 0 Å². The Kier molecular flexibility index (Phi) is 5.43. The molecule has 3 heteroatoms. The molecule has 2 rings (SSSR count). The van der Waals surface area contributed by atoms with Crippen molar-refractivity contribution < 1.29 is 4.74 Å². The van der Waals surface area contributed by atoms with Crippen molar-refractivity contribution in [1.29, 1.82) is 0 Å². The third-order valence-corrected chi connectivity index (χ3v) is 4.06. The molecule has 0 saturated carbocycles. The predicted molar refractivity (Wildman–Crippen MR) is 89.8 cm³/mol. The molecule has 1 N–H and O–H groups in total. The lowest BCUT2D eigenvalue weighted by Crippen LogP contribution is -2.18. The smallest absolute Gasteiger partial charge is 0.0587 e. The molecule has 2 aromatic rings. The third kappa shape index (κ3) is 3.66. The van der Waals surface area contributed by atoms with E-state index in [1.54, 1.807) is 7.11 Å². The number of hydrogen-bond acceptors (Lipinski definition) is 2. The first-order chi connectivity index (χ1) is 10.0. The lowest BCUT2D eigenvalue weighted by Gasteiger charge is -2.11. The monoisotopic (exact) mass is 288 g/mol. The molecule has 0 aliphatic heterocycles. The fourth-order valence-electron chi connectivity index (χ4n) is 2.81. The molecule has 0 fully saturated rings. The first-order valence-corrected chi connectivity index (χ1v) is 7.82. The summed E-state index contributed by atoms with van der Waals surface area (Å²) in [5.74, 6) is 0.661. The second kappa shape index (κ2) is 7.10. The molecule has 0 aliphatic rings. The molecule has 3 nitrogen and oxygen atoms in total. The van der Waals surface area contributed by atoms with E-state index in [1.807, 2.05) is 0 Å². The molecule has 0 radical (unpaired) electrons. The molecule has 116 valence electrons. The second-order valence-corrected chi connectivity index (χ2v) is 6.24. The zero-order valence-corrected chi connectivity index (χ0v) is 14.0. The van der Waals surface area contributed by atoms with Gasteiger partial charge in [0.15, 0.2) is 0 Å². The summed E-state index contributed by atoms with van der Waals surface area (Å²) in [5, 5.41) is 4.80. The highest BCUT2D eigenvalue weighted by Crippen LogP contribution is 2.27. The maximum atomic E-state index is 5.06. The predicted octanol–water partition coefficient (Wildman–Crippen LogP) is 3.65. The van der Waals surface area contributed by atoms with Crippen LogP contribution in [0.1, 0.15) is 30.7 Å². The molecule has 1 aromatic carbocycles. The van der Waals surface area contributed by atoms with Crippen molar-refractivity contribution in [3.05, 3.63) is 35.0 Å². The highest BCUT2D eigenvalue weighted by atomic mass is 16.5. The van der Waals surface area contributed by atoms with E-state index in [1.165, 1.54) is 27.7 Å². The lowest BCUT2D eigenvalue weighted by atomic mass is 10.1. The van der Waals surface area contributed by atoms with Crippen molar-refractivity contribution in [2.75, 3.05) is 20.3 Å². The van der Waals surface area contributed by atoms with Crippen molar-refractivity contribution >= 4 is 10.9 Å². The van der Waals surface area contributed by atoms with Gasteiger partial charge in [0.1, 0.15) is 0 Å². The van der Waals surface area contributed by atoms with Crippen LogP contribution in [0.2, 0.25) is 0 Å². The number of aromatic nitrogens is 1. The Morgan fingerprint density at radius 3 is 2.67 bits per heavy atom. The van der Waals surface area contributed by atoms with E-state index in [9.17, 15) is 0 Å². The third-order valence-electron chi connectivity index (χ3n) is 4.06. The zero-order chi connectivity index (χ0) is 15.4. The van der Waals surface area contributed by atoms with E-state index in [0.717, 1.165) is 26.2 Å². The van der Waals surface area contributed by atoms with Crippen molar-refractivity contribution in [2.24, 2.45) is 5.92 Å². The number of nitrogens with zero attached hydrogens (tertiary/aromatic N) is 1. The van der Waals surface area contributed by atoms with Gasteiger partial charge in [-0.1, -0.05) is 19.9 Å². The minimum Gasteiger partial charge on any atom is -0.383 e. The Morgan fingerprint density at radius 2 is 2.00 bits per heavy atom. The van der Waals surface area contributed by atoms with E-state index in [0.29, 0.717) is 5.92 Å². The number of methoxy groups -OCH3 is 1. The van der Waals surface area contributed by atoms with Crippen LogP contribution in [0.4, 0.5) is 0 Å². The fourth-order valence-corrected chi connectivity index (χ4v) is 2.81. The van der Waals surface area contributed by atoms with Crippen LogP contribution in [0.5, 0.6) is 0 Å². The quantitative estimate of drug-likeness (QED) is 0.787. The van der Waals surface area contributed by atoms with Gasteiger partial charge in [0.05, 0.1) is 6.61 Å². The van der Waals surface area contributed by atoms with Gasteiger partial charge in [-0.25, -0.2) is 0 Å². The van der Waals surface area contributed by atoms with Crippen molar-refractivity contribution in [1.82, 2.24) is 9.88 Å². The van der Waals surface area contributed by atoms with E-state index in [4.69, 9.17) is 4.74 Å². The van der Waals surface area contributed by atoms with Gasteiger partial charge in [0, 0.05) is 43.3 Å². The van der Waals surface area contributed by atoms with Crippen LogP contribution in [0.25, 0.3) is 10.9 Å². The molecule has 0 spiro atoms. The summed E-state index contributed by atoms with van der Waals surface area (Å²) in [5.41, 5.74) is 5.50. The first-order valence-electron chi connectivity index (χ1n) is 7.82. The Labute approximate surface area is 128 Å². The zero-order valence-electron chi connectivity index (χ0n) is 14.0. The second-order valence-electron chi connectivity index (χ2n) is 6.24. The van der Waals surface area contributed by atoms with Crippen molar-refractivity contribution in [2.45, 2.75) is 40.8 Å². The van der Waals surface area contributed by atoms with Crippen LogP contribution in [0, 0.1) is 19.8 Å². The van der Waals surface area contributed by atoms with Crippen LogP contribution in [0.15, 0.2) is 18.2 Å². The number of rotatable bonds is 7. The maximum absolute atomic E-state index is 5.06. The summed E-state index contributed by atoms with van der Waals surface area (Å²) in [4.78, 5) is 0. The summed E-state index contributed by atoms with van der Waals surface area (Å²) in [6.45, 7) is 12.6. The molecule has 0 atom stereocenters. The molecular weight excluding hydrogens is 260 g/mol. The van der Waals surface area contributed by atoms with Crippen molar-refractivity contribution in [3.63, 3.8) is 0 Å². The largest absolute Gasteiger partial charge is 0.383 e. The first kappa shape index (κ1) is 16.1. The highest BCUT2D eigenvalue weighted by molar-refractivity contribution is 5.86. The van der Waals surface area contributed by atoms with Gasteiger partial charge in [0.25, 0.3) is 0 Å². The van der Waals surface area contributed by atoms with Crippen LogP contribution >= 0.6 is 0 Å². The normalized spacial score (nSPS) is 11.7. The fraction of sp³-hybridized carbons (Fsp3) is 0.556. The van der Waals surface area contributed by atoms with Crippen molar-refractivity contribution in [3.8, 4) is 0 Å². The van der Waals surface area contributed by atoms with Crippen LogP contribution in [-0.4, -0.2) is 24.8 Å². The van der Waals surface area contributed by atoms with Gasteiger partial charge >= 0.3 is 0 Å². The Hall–Kier alpha value is -1.32. The highest BCUT2D eigenvalue weighted by Gasteiger charge is 2.12. The van der Waals surface area contributed by atoms with Crippen LogP contribution in [0.3, 0.4) is 0 Å². The van der Waals surface area contributed by atoms with Gasteiger partial charge in [0.2, 0.25) is 0 Å². The molecule has 0 aliphatic carbocycles. The summed E-state index contributed by atoms with van der Waals surface area (Å²) in [6, 6.07) is 6.83. The number of hydrogen-bond donors (Lipinski definition) is 1. The van der Waals surface area contributed by atoms with Gasteiger partial charge in [-0.3, -0.25) is 0 Å². The average Bonchev–Trinajstić information content (AvgIpc) is 2.68. The minimum atomic E-state index is 0.661. The Balaban J connectivity index is 2.25. The summed E-state index contributed by atoms with van der Waals surface area (Å²) >= 11 is 0.